The summed E-state index contributed by atoms with van der Waals surface area (Å²) in [4.78, 5) is 24.2. The molecule has 0 aliphatic carbocycles. The summed E-state index contributed by atoms with van der Waals surface area (Å²) in [6, 6.07) is 3.70. The summed E-state index contributed by atoms with van der Waals surface area (Å²) in [6.45, 7) is 4.43. The van der Waals surface area contributed by atoms with Gasteiger partial charge in [0, 0.05) is 11.1 Å². The number of amides is 1. The van der Waals surface area contributed by atoms with Gasteiger partial charge in [-0.2, -0.15) is 13.2 Å². The molecule has 1 rings (SSSR count). The van der Waals surface area contributed by atoms with Gasteiger partial charge < -0.3 is 10.0 Å². The first-order valence-corrected chi connectivity index (χ1v) is 6.14. The van der Waals surface area contributed by atoms with Gasteiger partial charge in [0.15, 0.2) is 0 Å². The Bertz CT molecular complexity index is 530. The molecule has 0 fully saturated rings. The molecule has 0 heterocycles. The van der Waals surface area contributed by atoms with Crippen molar-refractivity contribution in [1.82, 2.24) is 4.90 Å². The maximum Gasteiger partial charge on any atom is 0.416 e. The number of carbonyl (C=O) groups excluding carboxylic acids is 1. The van der Waals surface area contributed by atoms with Gasteiger partial charge in [-0.1, -0.05) is 0 Å². The third-order valence-electron chi connectivity index (χ3n) is 2.81. The summed E-state index contributed by atoms with van der Waals surface area (Å²) in [6.07, 6.45) is -4.48. The van der Waals surface area contributed by atoms with E-state index in [1.165, 1.54) is 0 Å². The van der Waals surface area contributed by atoms with E-state index in [0.29, 0.717) is 0 Å². The molecule has 7 heteroatoms. The zero-order chi connectivity index (χ0) is 16.4. The molecule has 21 heavy (non-hydrogen) atoms. The number of carboxylic acid groups (broad SMARTS) is 1. The SMILES string of the molecule is CC(C)(C)N(CC(=O)O)C(=O)c1ccc(C(F)(F)F)cc1. The number of aliphatic carboxylic acids is 1. The van der Waals surface area contributed by atoms with Gasteiger partial charge in [0.1, 0.15) is 6.54 Å². The number of rotatable bonds is 3. The average molecular weight is 303 g/mol. The van der Waals surface area contributed by atoms with Crippen molar-refractivity contribution in [1.29, 1.82) is 0 Å². The molecule has 0 aliphatic heterocycles. The Morgan fingerprint density at radius 1 is 1.10 bits per heavy atom. The predicted molar refractivity (Wildman–Crippen MR) is 69.9 cm³/mol. The fourth-order valence-corrected chi connectivity index (χ4v) is 1.71. The lowest BCUT2D eigenvalue weighted by Crippen LogP contribution is -2.48. The molecule has 1 amide bonds. The van der Waals surface area contributed by atoms with Gasteiger partial charge in [-0.05, 0) is 45.0 Å². The highest BCUT2D eigenvalue weighted by Gasteiger charge is 2.32. The van der Waals surface area contributed by atoms with Gasteiger partial charge in [0.05, 0.1) is 5.56 Å². The van der Waals surface area contributed by atoms with Crippen molar-refractivity contribution in [3.05, 3.63) is 35.4 Å². The third kappa shape index (κ3) is 4.47. The van der Waals surface area contributed by atoms with Crippen molar-refractivity contribution < 1.29 is 27.9 Å². The van der Waals surface area contributed by atoms with Crippen molar-refractivity contribution in [2.45, 2.75) is 32.5 Å². The molecule has 1 aromatic rings. The lowest BCUT2D eigenvalue weighted by atomic mass is 10.0. The van der Waals surface area contributed by atoms with E-state index in [1.54, 1.807) is 20.8 Å². The van der Waals surface area contributed by atoms with Crippen LogP contribution in [0, 0.1) is 0 Å². The van der Waals surface area contributed by atoms with E-state index >= 15 is 0 Å². The molecule has 0 atom stereocenters. The minimum Gasteiger partial charge on any atom is -0.480 e. The standard InChI is InChI=1S/C14H16F3NO3/c1-13(2,3)18(8-11(19)20)12(21)9-4-6-10(7-5-9)14(15,16)17/h4-7H,8H2,1-3H3,(H,19,20). The first-order chi connectivity index (χ1) is 9.43. The van der Waals surface area contributed by atoms with Crippen LogP contribution in [0.1, 0.15) is 36.7 Å². The van der Waals surface area contributed by atoms with Crippen LogP contribution < -0.4 is 0 Å². The number of carboxylic acids is 1. The molecule has 116 valence electrons. The quantitative estimate of drug-likeness (QED) is 0.933. The summed E-state index contributed by atoms with van der Waals surface area (Å²) in [7, 11) is 0. The fourth-order valence-electron chi connectivity index (χ4n) is 1.71. The van der Waals surface area contributed by atoms with Gasteiger partial charge in [-0.15, -0.1) is 0 Å². The average Bonchev–Trinajstić information content (AvgIpc) is 2.33. The number of hydrogen-bond donors (Lipinski definition) is 1. The second kappa shape index (κ2) is 5.75. The lowest BCUT2D eigenvalue weighted by molar-refractivity contribution is -0.139. The zero-order valence-electron chi connectivity index (χ0n) is 11.9. The van der Waals surface area contributed by atoms with E-state index in [-0.39, 0.29) is 5.56 Å². The Morgan fingerprint density at radius 3 is 1.90 bits per heavy atom. The lowest BCUT2D eigenvalue weighted by Gasteiger charge is -2.34. The third-order valence-corrected chi connectivity index (χ3v) is 2.81. The van der Waals surface area contributed by atoms with E-state index in [0.717, 1.165) is 29.2 Å². The van der Waals surface area contributed by atoms with Gasteiger partial charge in [0.25, 0.3) is 5.91 Å². The van der Waals surface area contributed by atoms with E-state index in [2.05, 4.69) is 0 Å². The zero-order valence-corrected chi connectivity index (χ0v) is 11.9. The molecule has 0 spiro atoms. The van der Waals surface area contributed by atoms with Crippen molar-refractivity contribution in [3.8, 4) is 0 Å². The highest BCUT2D eigenvalue weighted by Crippen LogP contribution is 2.29. The maximum absolute atomic E-state index is 12.5. The fraction of sp³-hybridized carbons (Fsp3) is 0.429. The Labute approximate surface area is 120 Å². The normalized spacial score (nSPS) is 12.1. The second-order valence-corrected chi connectivity index (χ2v) is 5.53. The molecule has 0 saturated heterocycles. The Hall–Kier alpha value is -2.05. The molecule has 0 aromatic heterocycles. The van der Waals surface area contributed by atoms with E-state index < -0.39 is 35.7 Å². The van der Waals surface area contributed by atoms with E-state index in [4.69, 9.17) is 5.11 Å². The maximum atomic E-state index is 12.5. The molecule has 1 N–H and O–H groups in total. The molecule has 1 aromatic carbocycles. The van der Waals surface area contributed by atoms with Gasteiger partial charge in [-0.3, -0.25) is 9.59 Å². The van der Waals surface area contributed by atoms with Crippen LogP contribution >= 0.6 is 0 Å². The van der Waals surface area contributed by atoms with Crippen LogP contribution in [-0.4, -0.2) is 34.0 Å². The second-order valence-electron chi connectivity index (χ2n) is 5.53. The molecule has 0 radical (unpaired) electrons. The largest absolute Gasteiger partial charge is 0.480 e. The van der Waals surface area contributed by atoms with Gasteiger partial charge in [0.2, 0.25) is 0 Å². The molecular formula is C14H16F3NO3. The predicted octanol–water partition coefficient (Wildman–Crippen LogP) is 3.03. The molecule has 4 nitrogen and oxygen atoms in total. The summed E-state index contributed by atoms with van der Waals surface area (Å²) >= 11 is 0. The summed E-state index contributed by atoms with van der Waals surface area (Å²) < 4.78 is 37.4. The van der Waals surface area contributed by atoms with Gasteiger partial charge >= 0.3 is 12.1 Å². The Morgan fingerprint density at radius 2 is 1.57 bits per heavy atom. The highest BCUT2D eigenvalue weighted by atomic mass is 19.4. The summed E-state index contributed by atoms with van der Waals surface area (Å²) in [5.41, 5.74) is -1.61. The van der Waals surface area contributed by atoms with Crippen molar-refractivity contribution >= 4 is 11.9 Å². The van der Waals surface area contributed by atoms with Crippen LogP contribution in [0.3, 0.4) is 0 Å². The van der Waals surface area contributed by atoms with E-state index in [1.807, 2.05) is 0 Å². The summed E-state index contributed by atoms with van der Waals surface area (Å²) in [5, 5.41) is 8.85. The van der Waals surface area contributed by atoms with Gasteiger partial charge in [-0.25, -0.2) is 0 Å². The Balaban J connectivity index is 3.07. The number of hydrogen-bond acceptors (Lipinski definition) is 2. The molecule has 0 aliphatic rings. The molecule has 0 saturated carbocycles. The highest BCUT2D eigenvalue weighted by molar-refractivity contribution is 5.96. The van der Waals surface area contributed by atoms with Crippen LogP contribution in [0.5, 0.6) is 0 Å². The van der Waals surface area contributed by atoms with E-state index in [9.17, 15) is 22.8 Å². The van der Waals surface area contributed by atoms with Crippen LogP contribution in [0.15, 0.2) is 24.3 Å². The molecule has 0 bridgehead atoms. The number of nitrogens with zero attached hydrogens (tertiary/aromatic N) is 1. The van der Waals surface area contributed by atoms with Crippen LogP contribution in [0.25, 0.3) is 0 Å². The van der Waals surface area contributed by atoms with Crippen molar-refractivity contribution in [3.63, 3.8) is 0 Å². The topological polar surface area (TPSA) is 57.6 Å². The monoisotopic (exact) mass is 303 g/mol. The molecule has 0 unspecified atom stereocenters. The molecular weight excluding hydrogens is 287 g/mol. The number of benzene rings is 1. The van der Waals surface area contributed by atoms with Crippen LogP contribution in [-0.2, 0) is 11.0 Å². The van der Waals surface area contributed by atoms with Crippen LogP contribution in [0.4, 0.5) is 13.2 Å². The number of halogens is 3. The van der Waals surface area contributed by atoms with Crippen molar-refractivity contribution in [2.75, 3.05) is 6.54 Å². The number of alkyl halides is 3. The number of carbonyl (C=O) groups is 2. The first kappa shape index (κ1) is 17.0. The smallest absolute Gasteiger partial charge is 0.416 e. The van der Waals surface area contributed by atoms with Crippen LogP contribution in [0.2, 0.25) is 0 Å². The first-order valence-electron chi connectivity index (χ1n) is 6.14. The minimum atomic E-state index is -4.48. The Kier molecular flexibility index (Phi) is 4.65. The van der Waals surface area contributed by atoms with Crippen molar-refractivity contribution in [2.24, 2.45) is 0 Å². The summed E-state index contributed by atoms with van der Waals surface area (Å²) in [5.74, 6) is -1.82. The minimum absolute atomic E-state index is 0.0131.